The van der Waals surface area contributed by atoms with Crippen LogP contribution in [0, 0.1) is 0 Å². The summed E-state index contributed by atoms with van der Waals surface area (Å²) in [7, 11) is -1.55. The van der Waals surface area contributed by atoms with Crippen molar-refractivity contribution in [3.63, 3.8) is 0 Å². The van der Waals surface area contributed by atoms with Crippen molar-refractivity contribution in [3.05, 3.63) is 0 Å². The summed E-state index contributed by atoms with van der Waals surface area (Å²) in [4.78, 5) is 9.86. The van der Waals surface area contributed by atoms with Crippen molar-refractivity contribution >= 4 is 13.3 Å². The molecule has 0 bridgehead atoms. The van der Waals surface area contributed by atoms with E-state index in [4.69, 9.17) is 0 Å². The van der Waals surface area contributed by atoms with Gasteiger partial charge in [-0.25, -0.2) is 4.79 Å². The fraction of sp³-hybridized carbons (Fsp3) is 0.800. The van der Waals surface area contributed by atoms with Gasteiger partial charge in [-0.3, -0.25) is 0 Å². The van der Waals surface area contributed by atoms with Crippen molar-refractivity contribution < 1.29 is 9.36 Å². The third kappa shape index (κ3) is 9.24. The van der Waals surface area contributed by atoms with Crippen LogP contribution in [0.3, 0.4) is 0 Å². The molecule has 1 unspecified atom stereocenters. The minimum atomic E-state index is -1.55. The Morgan fingerprint density at radius 3 is 1.50 bits per heavy atom. The molecule has 0 saturated heterocycles. The molecule has 0 aromatic carbocycles. The number of carbonyl (C=O) groups excluding carboxylic acids is 1. The molecular formula is C5H14O2P+. The van der Waals surface area contributed by atoms with Crippen LogP contribution in [0.15, 0.2) is 0 Å². The molecule has 0 saturated carbocycles. The van der Waals surface area contributed by atoms with Gasteiger partial charge in [0.15, 0.2) is 0 Å². The lowest BCUT2D eigenvalue weighted by Gasteiger charge is -1.57. The highest BCUT2D eigenvalue weighted by atomic mass is 31.1. The van der Waals surface area contributed by atoms with Gasteiger partial charge in [-0.15, -0.1) is 0 Å². The van der Waals surface area contributed by atoms with E-state index < -0.39 is 7.80 Å². The Bertz CT molecular complexity index is 76.4. The van der Waals surface area contributed by atoms with Crippen LogP contribution in [0.5, 0.6) is 0 Å². The van der Waals surface area contributed by atoms with Gasteiger partial charge in [0.1, 0.15) is 6.66 Å². The van der Waals surface area contributed by atoms with E-state index in [1.165, 1.54) is 13.6 Å². The Labute approximate surface area is 52.1 Å². The van der Waals surface area contributed by atoms with Crippen LogP contribution in [0.2, 0.25) is 0 Å². The smallest absolute Gasteiger partial charge is 0.241 e. The summed E-state index contributed by atoms with van der Waals surface area (Å²) in [6.45, 7) is 2.72. The molecule has 50 valence electrons. The van der Waals surface area contributed by atoms with E-state index in [1.54, 1.807) is 0 Å². The molecule has 0 aromatic rings. The average molecular weight is 137 g/mol. The second-order valence-electron chi connectivity index (χ2n) is 1.02. The summed E-state index contributed by atoms with van der Waals surface area (Å²) in [5, 5.41) is 0. The zero-order valence-electron chi connectivity index (χ0n) is 3.76. The lowest BCUT2D eigenvalue weighted by Crippen LogP contribution is -1.74. The maximum absolute atomic E-state index is 9.94. The van der Waals surface area contributed by atoms with Crippen LogP contribution in [-0.4, -0.2) is 12.2 Å². The third-order valence-electron chi connectivity index (χ3n) is 0.443. The fourth-order valence-electron chi connectivity index (χ4n) is 0. The summed E-state index contributed by atoms with van der Waals surface area (Å²) >= 11 is 0. The van der Waals surface area contributed by atoms with Gasteiger partial charge in [-0.2, -0.15) is 0 Å². The van der Waals surface area contributed by atoms with E-state index in [9.17, 15) is 9.36 Å². The molecule has 0 fully saturated rings. The quantitative estimate of drug-likeness (QED) is 0.519. The highest BCUT2D eigenvalue weighted by Gasteiger charge is 2.11. The lowest BCUT2D eigenvalue weighted by molar-refractivity contribution is -0.109. The molecule has 2 nitrogen and oxygen atoms in total. The Morgan fingerprint density at radius 2 is 1.50 bits per heavy atom. The van der Waals surface area contributed by atoms with Gasteiger partial charge in [0.2, 0.25) is 0 Å². The Balaban J connectivity index is -0.000000125. The normalized spacial score (nSPS) is 8.00. The van der Waals surface area contributed by atoms with Crippen molar-refractivity contribution in [1.82, 2.24) is 0 Å². The Hall–Kier alpha value is -0.230. The molecule has 0 N–H and O–H groups in total. The second-order valence-corrected chi connectivity index (χ2v) is 2.64. The first kappa shape index (κ1) is 15.7. The topological polar surface area (TPSA) is 34.1 Å². The van der Waals surface area contributed by atoms with E-state index >= 15 is 0 Å². The van der Waals surface area contributed by atoms with E-state index in [0.29, 0.717) is 0 Å². The minimum Gasteiger partial charge on any atom is -0.241 e. The number of rotatable bonds is 1. The molecular weight excluding hydrogens is 123 g/mol. The first-order valence-corrected chi connectivity index (χ1v) is 3.26. The summed E-state index contributed by atoms with van der Waals surface area (Å²) in [6.07, 6.45) is 0. The summed E-state index contributed by atoms with van der Waals surface area (Å²) in [6, 6.07) is 0. The molecule has 0 aliphatic carbocycles. The molecule has 0 spiro atoms. The van der Waals surface area contributed by atoms with Crippen LogP contribution < -0.4 is 0 Å². The number of hydrogen-bond acceptors (Lipinski definition) is 2. The first-order valence-electron chi connectivity index (χ1n) is 1.56. The molecule has 0 rings (SSSR count). The van der Waals surface area contributed by atoms with E-state index in [-0.39, 0.29) is 20.4 Å². The zero-order chi connectivity index (χ0) is 5.15. The third-order valence-corrected chi connectivity index (χ3v) is 1.33. The molecule has 0 aliphatic heterocycles. The molecule has 0 amide bonds. The fourth-order valence-corrected chi connectivity index (χ4v) is 0. The summed E-state index contributed by atoms with van der Waals surface area (Å²) in [5.41, 5.74) is -0.231. The highest BCUT2D eigenvalue weighted by molar-refractivity contribution is 7.62. The predicted molar refractivity (Wildman–Crippen MR) is 37.7 cm³/mol. The van der Waals surface area contributed by atoms with Gasteiger partial charge in [0.25, 0.3) is 0 Å². The van der Waals surface area contributed by atoms with Gasteiger partial charge >= 0.3 is 13.3 Å². The standard InChI is InChI=1S/C3H6O2P.2CH4/c1-3(4)6(2)5;;/h1-2H3;2*1H4/q+1;;. The van der Waals surface area contributed by atoms with Crippen LogP contribution in [0.25, 0.3) is 0 Å². The SMILES string of the molecule is C.C.CC(=O)[P+](C)=O. The second kappa shape index (κ2) is 6.77. The van der Waals surface area contributed by atoms with Crippen molar-refractivity contribution in [2.24, 2.45) is 0 Å². The molecule has 3 heteroatoms. The van der Waals surface area contributed by atoms with Gasteiger partial charge < -0.3 is 0 Å². The average Bonchev–Trinajstić information content (AvgIpc) is 1.36. The number of hydrogen-bond donors (Lipinski definition) is 0. The van der Waals surface area contributed by atoms with Crippen molar-refractivity contribution in [2.75, 3.05) is 6.66 Å². The lowest BCUT2D eigenvalue weighted by atomic mass is 10.9. The predicted octanol–water partition coefficient (Wildman–Crippen LogP) is 2.26. The van der Waals surface area contributed by atoms with Crippen LogP contribution in [0.1, 0.15) is 21.8 Å². The van der Waals surface area contributed by atoms with E-state index in [1.807, 2.05) is 0 Å². The van der Waals surface area contributed by atoms with Crippen LogP contribution in [-0.2, 0) is 9.36 Å². The van der Waals surface area contributed by atoms with Crippen molar-refractivity contribution in [1.29, 1.82) is 0 Å². The largest absolute Gasteiger partial charge is 0.411 e. The Morgan fingerprint density at radius 1 is 1.38 bits per heavy atom. The Kier molecular flexibility index (Phi) is 13.2. The van der Waals surface area contributed by atoms with Crippen molar-refractivity contribution in [2.45, 2.75) is 21.8 Å². The molecule has 0 heterocycles. The number of carbonyl (C=O) groups is 1. The molecule has 0 aromatic heterocycles. The van der Waals surface area contributed by atoms with E-state index in [0.717, 1.165) is 0 Å². The van der Waals surface area contributed by atoms with E-state index in [2.05, 4.69) is 0 Å². The maximum Gasteiger partial charge on any atom is 0.411 e. The zero-order valence-corrected chi connectivity index (χ0v) is 4.66. The molecule has 8 heavy (non-hydrogen) atoms. The maximum atomic E-state index is 9.94. The minimum absolute atomic E-state index is 0. The summed E-state index contributed by atoms with van der Waals surface area (Å²) in [5.74, 6) is 0. The van der Waals surface area contributed by atoms with Gasteiger partial charge in [0.05, 0.1) is 0 Å². The summed E-state index contributed by atoms with van der Waals surface area (Å²) < 4.78 is 9.94. The highest BCUT2D eigenvalue weighted by Crippen LogP contribution is 2.12. The van der Waals surface area contributed by atoms with Gasteiger partial charge in [0, 0.05) is 6.92 Å². The molecule has 0 radical (unpaired) electrons. The van der Waals surface area contributed by atoms with Gasteiger partial charge in [-0.05, 0) is 0 Å². The molecule has 1 atom stereocenters. The van der Waals surface area contributed by atoms with Crippen LogP contribution >= 0.6 is 7.80 Å². The molecule has 0 aliphatic rings. The first-order chi connectivity index (χ1) is 2.64. The van der Waals surface area contributed by atoms with Crippen LogP contribution in [0.4, 0.5) is 0 Å². The van der Waals surface area contributed by atoms with Crippen molar-refractivity contribution in [3.8, 4) is 0 Å². The monoisotopic (exact) mass is 137 g/mol. The van der Waals surface area contributed by atoms with Gasteiger partial charge in [-0.1, -0.05) is 19.4 Å².